The van der Waals surface area contributed by atoms with Crippen LogP contribution in [0.5, 0.6) is 23.0 Å². The van der Waals surface area contributed by atoms with Crippen molar-refractivity contribution in [2.75, 3.05) is 43.6 Å². The smallest absolute Gasteiger partial charge is 0.268 e. The van der Waals surface area contributed by atoms with Crippen molar-refractivity contribution in [3.63, 3.8) is 0 Å². The molecule has 4 rings (SSSR count). The van der Waals surface area contributed by atoms with Crippen molar-refractivity contribution < 1.29 is 32.2 Å². The van der Waals surface area contributed by atoms with E-state index in [2.05, 4.69) is 5.32 Å². The van der Waals surface area contributed by atoms with Crippen LogP contribution in [0.4, 0.5) is 11.4 Å². The predicted molar refractivity (Wildman–Crippen MR) is 131 cm³/mol. The number of aryl methyl sites for hydroxylation is 1. The summed E-state index contributed by atoms with van der Waals surface area (Å²) in [6.07, 6.45) is 0. The topological polar surface area (TPSA) is 103 Å². The van der Waals surface area contributed by atoms with Crippen molar-refractivity contribution in [1.82, 2.24) is 0 Å². The molecule has 0 radical (unpaired) electrons. The SMILES string of the molecule is COc1ccc(N(CC(=O)Nc2ccc3c(c2)OCCO3)S(=O)(=O)c2cc(C)ccc2OC)cc1. The number of nitrogens with zero attached hydrogens (tertiary/aromatic N) is 1. The van der Waals surface area contributed by atoms with Crippen molar-refractivity contribution >= 4 is 27.3 Å². The summed E-state index contributed by atoms with van der Waals surface area (Å²) < 4.78 is 50.2. The number of anilines is 2. The van der Waals surface area contributed by atoms with E-state index in [-0.39, 0.29) is 10.6 Å². The zero-order chi connectivity index (χ0) is 25.0. The number of hydrogen-bond donors (Lipinski definition) is 1. The Hall–Kier alpha value is -3.92. The summed E-state index contributed by atoms with van der Waals surface area (Å²) in [7, 11) is -1.26. The summed E-state index contributed by atoms with van der Waals surface area (Å²) in [5.41, 5.74) is 1.49. The molecule has 184 valence electrons. The first-order chi connectivity index (χ1) is 16.8. The Morgan fingerprint density at radius 2 is 1.66 bits per heavy atom. The maximum atomic E-state index is 13.8. The Kier molecular flexibility index (Phi) is 7.02. The molecule has 0 atom stereocenters. The highest BCUT2D eigenvalue weighted by molar-refractivity contribution is 7.93. The molecule has 0 aliphatic carbocycles. The number of ether oxygens (including phenoxy) is 4. The number of carbonyl (C=O) groups is 1. The molecule has 0 unspecified atom stereocenters. The first-order valence-corrected chi connectivity index (χ1v) is 12.3. The van der Waals surface area contributed by atoms with Crippen molar-refractivity contribution in [1.29, 1.82) is 0 Å². The molecule has 0 saturated heterocycles. The number of sulfonamides is 1. The third kappa shape index (κ3) is 5.27. The van der Waals surface area contributed by atoms with Gasteiger partial charge < -0.3 is 24.3 Å². The summed E-state index contributed by atoms with van der Waals surface area (Å²) in [6, 6.07) is 16.3. The molecule has 1 aliphatic heterocycles. The van der Waals surface area contributed by atoms with E-state index in [9.17, 15) is 13.2 Å². The van der Waals surface area contributed by atoms with Crippen LogP contribution in [0.2, 0.25) is 0 Å². The molecule has 1 aliphatic rings. The van der Waals surface area contributed by atoms with Crippen LogP contribution < -0.4 is 28.6 Å². The van der Waals surface area contributed by atoms with Crippen molar-refractivity contribution in [2.45, 2.75) is 11.8 Å². The first kappa shape index (κ1) is 24.2. The highest BCUT2D eigenvalue weighted by Gasteiger charge is 2.30. The number of nitrogens with one attached hydrogen (secondary N) is 1. The van der Waals surface area contributed by atoms with Crippen LogP contribution in [0, 0.1) is 6.92 Å². The van der Waals surface area contributed by atoms with E-state index < -0.39 is 22.5 Å². The lowest BCUT2D eigenvalue weighted by molar-refractivity contribution is -0.114. The molecule has 0 bridgehead atoms. The molecule has 1 amide bonds. The number of carbonyl (C=O) groups excluding carboxylic acids is 1. The summed E-state index contributed by atoms with van der Waals surface area (Å²) in [5, 5.41) is 2.74. The van der Waals surface area contributed by atoms with Crippen LogP contribution in [0.1, 0.15) is 5.56 Å². The molecular formula is C25H26N2O7S. The van der Waals surface area contributed by atoms with Gasteiger partial charge in [0.25, 0.3) is 10.0 Å². The highest BCUT2D eigenvalue weighted by atomic mass is 32.2. The second-order valence-corrected chi connectivity index (χ2v) is 9.60. The maximum absolute atomic E-state index is 13.8. The fourth-order valence-electron chi connectivity index (χ4n) is 3.62. The van der Waals surface area contributed by atoms with Gasteiger partial charge in [-0.25, -0.2) is 8.42 Å². The van der Waals surface area contributed by atoms with Crippen LogP contribution in [0.25, 0.3) is 0 Å². The number of benzene rings is 3. The Morgan fingerprint density at radius 1 is 0.943 bits per heavy atom. The van der Waals surface area contributed by atoms with Crippen molar-refractivity contribution in [3.8, 4) is 23.0 Å². The van der Waals surface area contributed by atoms with Gasteiger partial charge in [-0.15, -0.1) is 0 Å². The first-order valence-electron chi connectivity index (χ1n) is 10.8. The maximum Gasteiger partial charge on any atom is 0.268 e. The zero-order valence-corrected chi connectivity index (χ0v) is 20.4. The van der Waals surface area contributed by atoms with E-state index in [4.69, 9.17) is 18.9 Å². The second kappa shape index (κ2) is 10.1. The Balaban J connectivity index is 1.67. The molecule has 0 saturated carbocycles. The number of methoxy groups -OCH3 is 2. The van der Waals surface area contributed by atoms with E-state index in [1.807, 2.05) is 0 Å². The van der Waals surface area contributed by atoms with Gasteiger partial charge >= 0.3 is 0 Å². The minimum atomic E-state index is -4.18. The average molecular weight is 499 g/mol. The normalized spacial score (nSPS) is 12.5. The summed E-state index contributed by atoms with van der Waals surface area (Å²) >= 11 is 0. The number of rotatable bonds is 8. The largest absolute Gasteiger partial charge is 0.497 e. The lowest BCUT2D eigenvalue weighted by atomic mass is 10.2. The van der Waals surface area contributed by atoms with Crippen molar-refractivity contribution in [2.24, 2.45) is 0 Å². The molecule has 10 heteroatoms. The van der Waals surface area contributed by atoms with E-state index in [0.29, 0.717) is 41.8 Å². The average Bonchev–Trinajstić information content (AvgIpc) is 2.87. The van der Waals surface area contributed by atoms with Crippen LogP contribution >= 0.6 is 0 Å². The van der Waals surface area contributed by atoms with E-state index >= 15 is 0 Å². The van der Waals surface area contributed by atoms with Gasteiger partial charge in [-0.05, 0) is 61.0 Å². The van der Waals surface area contributed by atoms with E-state index in [0.717, 1.165) is 9.87 Å². The van der Waals surface area contributed by atoms with Gasteiger partial charge in [0.2, 0.25) is 5.91 Å². The van der Waals surface area contributed by atoms with Crippen LogP contribution in [0.3, 0.4) is 0 Å². The number of fused-ring (bicyclic) bond motifs is 1. The number of amides is 1. The molecule has 1 heterocycles. The standard InChI is InChI=1S/C25H26N2O7S/c1-17-4-10-22(32-3)24(14-17)35(29,30)27(19-6-8-20(31-2)9-7-19)16-25(28)26-18-5-11-21-23(15-18)34-13-12-33-21/h4-11,14-15H,12-13,16H2,1-3H3,(H,26,28). The predicted octanol–water partition coefficient (Wildman–Crippen LogP) is 3.62. The Bertz CT molecular complexity index is 1320. The van der Waals surface area contributed by atoms with Gasteiger partial charge in [0, 0.05) is 11.8 Å². The molecule has 1 N–H and O–H groups in total. The lowest BCUT2D eigenvalue weighted by Gasteiger charge is -2.25. The Labute approximate surface area is 204 Å². The fraction of sp³-hybridized carbons (Fsp3) is 0.240. The molecule has 9 nitrogen and oxygen atoms in total. The van der Waals surface area contributed by atoms with Gasteiger partial charge in [-0.1, -0.05) is 6.07 Å². The monoisotopic (exact) mass is 498 g/mol. The van der Waals surface area contributed by atoms with E-state index in [1.165, 1.54) is 20.3 Å². The van der Waals surface area contributed by atoms with Gasteiger partial charge in [0.15, 0.2) is 11.5 Å². The van der Waals surface area contributed by atoms with E-state index in [1.54, 1.807) is 61.5 Å². The molecule has 3 aromatic carbocycles. The minimum absolute atomic E-state index is 0.0389. The zero-order valence-electron chi connectivity index (χ0n) is 19.6. The summed E-state index contributed by atoms with van der Waals surface area (Å²) in [6.45, 7) is 2.17. The molecule has 0 spiro atoms. The molecule has 0 fully saturated rings. The lowest BCUT2D eigenvalue weighted by Crippen LogP contribution is -2.38. The molecular weight excluding hydrogens is 472 g/mol. The second-order valence-electron chi connectivity index (χ2n) is 7.77. The summed E-state index contributed by atoms with van der Waals surface area (Å²) in [5.74, 6) is 1.30. The Morgan fingerprint density at radius 3 is 2.34 bits per heavy atom. The third-order valence-corrected chi connectivity index (χ3v) is 7.16. The highest BCUT2D eigenvalue weighted by Crippen LogP contribution is 2.34. The quantitative estimate of drug-likeness (QED) is 0.506. The minimum Gasteiger partial charge on any atom is -0.497 e. The summed E-state index contributed by atoms with van der Waals surface area (Å²) in [4.78, 5) is 13.0. The van der Waals surface area contributed by atoms with Crippen LogP contribution in [-0.2, 0) is 14.8 Å². The molecule has 35 heavy (non-hydrogen) atoms. The molecule has 0 aromatic heterocycles. The van der Waals surface area contributed by atoms with Gasteiger partial charge in [0.1, 0.15) is 36.2 Å². The van der Waals surface area contributed by atoms with Gasteiger partial charge in [-0.2, -0.15) is 0 Å². The molecule has 3 aromatic rings. The van der Waals surface area contributed by atoms with Gasteiger partial charge in [0.05, 0.1) is 19.9 Å². The van der Waals surface area contributed by atoms with Gasteiger partial charge in [-0.3, -0.25) is 9.10 Å². The third-order valence-electron chi connectivity index (χ3n) is 5.36. The fourth-order valence-corrected chi connectivity index (χ4v) is 5.28. The number of hydrogen-bond acceptors (Lipinski definition) is 7. The van der Waals surface area contributed by atoms with Crippen LogP contribution in [0.15, 0.2) is 65.6 Å². The van der Waals surface area contributed by atoms with Crippen molar-refractivity contribution in [3.05, 3.63) is 66.2 Å². The van der Waals surface area contributed by atoms with Crippen LogP contribution in [-0.4, -0.2) is 48.3 Å².